The van der Waals surface area contributed by atoms with Crippen LogP contribution in [0, 0.1) is 0 Å². The molecule has 0 aromatic heterocycles. The minimum absolute atomic E-state index is 0.251. The maximum absolute atomic E-state index is 12.6. The number of aliphatic carboxylic acids is 1. The van der Waals surface area contributed by atoms with Crippen LogP contribution in [-0.2, 0) is 4.79 Å². The summed E-state index contributed by atoms with van der Waals surface area (Å²) in [4.78, 5) is 24.4. The minimum atomic E-state index is -1.25. The molecule has 0 atom stereocenters. The molecule has 0 bridgehead atoms. The van der Waals surface area contributed by atoms with E-state index in [1.165, 1.54) is 7.11 Å². The summed E-state index contributed by atoms with van der Waals surface area (Å²) in [7, 11) is 1.53. The lowest BCUT2D eigenvalue weighted by Crippen LogP contribution is -2.36. The van der Waals surface area contributed by atoms with Gasteiger partial charge in [-0.05, 0) is 48.5 Å². The Bertz CT molecular complexity index is 961. The molecule has 0 aliphatic rings. The van der Waals surface area contributed by atoms with Gasteiger partial charge in [-0.25, -0.2) is 4.79 Å². The van der Waals surface area contributed by atoms with Gasteiger partial charge < -0.3 is 9.84 Å². The molecule has 0 fully saturated rings. The monoisotopic (exact) mass is 388 g/mol. The van der Waals surface area contributed by atoms with Gasteiger partial charge in [0.2, 0.25) is 0 Å². The van der Waals surface area contributed by atoms with Gasteiger partial charge in [0.1, 0.15) is 11.4 Å². The van der Waals surface area contributed by atoms with Crippen molar-refractivity contribution in [3.05, 3.63) is 102 Å². The van der Waals surface area contributed by atoms with Gasteiger partial charge >= 0.3 is 5.97 Å². The van der Waals surface area contributed by atoms with Gasteiger partial charge in [-0.1, -0.05) is 36.4 Å². The molecule has 6 heteroatoms. The second-order valence-corrected chi connectivity index (χ2v) is 6.07. The number of ketones is 1. The fourth-order valence-electron chi connectivity index (χ4n) is 2.66. The first-order valence-electron chi connectivity index (χ1n) is 8.89. The molecule has 0 heterocycles. The number of allylic oxidation sites excluding steroid dienone is 1. The normalized spacial score (nSPS) is 10.9. The van der Waals surface area contributed by atoms with Crippen LogP contribution >= 0.6 is 0 Å². The van der Waals surface area contributed by atoms with Gasteiger partial charge in [0.15, 0.2) is 5.78 Å². The van der Waals surface area contributed by atoms with Crippen molar-refractivity contribution in [1.29, 1.82) is 0 Å². The van der Waals surface area contributed by atoms with E-state index in [0.29, 0.717) is 11.3 Å². The lowest BCUT2D eigenvalue weighted by molar-refractivity contribution is -0.133. The molecule has 3 rings (SSSR count). The van der Waals surface area contributed by atoms with Crippen LogP contribution in [0.4, 0.5) is 11.4 Å². The summed E-state index contributed by atoms with van der Waals surface area (Å²) in [6.07, 6.45) is 1.07. The number of benzene rings is 3. The summed E-state index contributed by atoms with van der Waals surface area (Å²) < 4.78 is 5.08. The Morgan fingerprint density at radius 3 is 1.83 bits per heavy atom. The number of para-hydroxylation sites is 2. The number of nitrogens with zero attached hydrogens (tertiary/aromatic N) is 1. The molecular weight excluding hydrogens is 368 g/mol. The highest BCUT2D eigenvalue weighted by atomic mass is 16.5. The highest BCUT2D eigenvalue weighted by molar-refractivity contribution is 6.08. The number of carbonyl (C=O) groups excluding carboxylic acids is 1. The molecule has 3 aromatic carbocycles. The van der Waals surface area contributed by atoms with E-state index in [-0.39, 0.29) is 5.70 Å². The van der Waals surface area contributed by atoms with Gasteiger partial charge in [-0.2, -0.15) is 0 Å². The lowest BCUT2D eigenvalue weighted by Gasteiger charge is -2.26. The molecule has 3 aromatic rings. The number of nitrogens with one attached hydrogen (secondary N) is 1. The van der Waals surface area contributed by atoms with Gasteiger partial charge in [0, 0.05) is 11.6 Å². The Labute approximate surface area is 168 Å². The van der Waals surface area contributed by atoms with E-state index in [1.807, 2.05) is 60.7 Å². The number of ether oxygens (including phenoxy) is 1. The predicted octanol–water partition coefficient (Wildman–Crippen LogP) is 4.19. The number of carboxylic acids is 1. The van der Waals surface area contributed by atoms with Crippen molar-refractivity contribution >= 4 is 23.1 Å². The number of carbonyl (C=O) groups is 2. The molecule has 0 aliphatic carbocycles. The lowest BCUT2D eigenvalue weighted by atomic mass is 10.1. The minimum Gasteiger partial charge on any atom is -0.497 e. The zero-order valence-corrected chi connectivity index (χ0v) is 15.8. The van der Waals surface area contributed by atoms with E-state index in [2.05, 4.69) is 5.43 Å². The molecule has 2 N–H and O–H groups in total. The summed E-state index contributed by atoms with van der Waals surface area (Å²) in [5.41, 5.74) is 4.42. The molecule has 146 valence electrons. The third-order valence-electron chi connectivity index (χ3n) is 4.14. The van der Waals surface area contributed by atoms with Crippen LogP contribution < -0.4 is 15.2 Å². The second-order valence-electron chi connectivity index (χ2n) is 6.07. The van der Waals surface area contributed by atoms with E-state index in [0.717, 1.165) is 17.5 Å². The van der Waals surface area contributed by atoms with Crippen molar-refractivity contribution in [3.8, 4) is 5.75 Å². The summed E-state index contributed by atoms with van der Waals surface area (Å²) >= 11 is 0. The molecule has 0 radical (unpaired) electrons. The number of methoxy groups -OCH3 is 1. The van der Waals surface area contributed by atoms with Crippen LogP contribution in [0.1, 0.15) is 10.4 Å². The maximum atomic E-state index is 12.6. The van der Waals surface area contributed by atoms with Crippen molar-refractivity contribution in [2.24, 2.45) is 0 Å². The third kappa shape index (κ3) is 5.01. The standard InChI is InChI=1S/C23H20N2O4/c1-29-20-14-12-17(13-15-20)22(26)16-21(23(27)28)24-25(18-8-4-2-5-9-18)19-10-6-3-7-11-19/h2-16,24H,1H3,(H,27,28). The van der Waals surface area contributed by atoms with Crippen molar-refractivity contribution in [3.63, 3.8) is 0 Å². The molecule has 29 heavy (non-hydrogen) atoms. The molecule has 0 unspecified atom stereocenters. The second kappa shape index (κ2) is 9.23. The van der Waals surface area contributed by atoms with E-state index in [4.69, 9.17) is 4.74 Å². The highest BCUT2D eigenvalue weighted by Gasteiger charge is 2.17. The fraction of sp³-hybridized carbons (Fsp3) is 0.0435. The Morgan fingerprint density at radius 1 is 0.862 bits per heavy atom. The van der Waals surface area contributed by atoms with E-state index >= 15 is 0 Å². The quantitative estimate of drug-likeness (QED) is 0.342. The zero-order chi connectivity index (χ0) is 20.6. The summed E-state index contributed by atoms with van der Waals surface area (Å²) in [5.74, 6) is -1.07. The Hall–Kier alpha value is -4.06. The Morgan fingerprint density at radius 2 is 1.38 bits per heavy atom. The Balaban J connectivity index is 1.93. The highest BCUT2D eigenvalue weighted by Crippen LogP contribution is 2.23. The first-order chi connectivity index (χ1) is 14.1. The number of carboxylic acid groups (broad SMARTS) is 1. The van der Waals surface area contributed by atoms with Gasteiger partial charge in [0.05, 0.1) is 18.5 Å². The number of hydrazine groups is 1. The number of rotatable bonds is 8. The van der Waals surface area contributed by atoms with E-state index in [1.54, 1.807) is 29.3 Å². The van der Waals surface area contributed by atoms with Gasteiger partial charge in [-0.3, -0.25) is 15.2 Å². The molecule has 0 saturated carbocycles. The van der Waals surface area contributed by atoms with Crippen molar-refractivity contribution < 1.29 is 19.4 Å². The molecule has 0 saturated heterocycles. The molecule has 6 nitrogen and oxygen atoms in total. The third-order valence-corrected chi connectivity index (χ3v) is 4.14. The average molecular weight is 388 g/mol. The number of hydrogen-bond acceptors (Lipinski definition) is 5. The van der Waals surface area contributed by atoms with E-state index < -0.39 is 11.8 Å². The molecule has 0 amide bonds. The predicted molar refractivity (Wildman–Crippen MR) is 111 cm³/mol. The van der Waals surface area contributed by atoms with E-state index in [9.17, 15) is 14.7 Å². The van der Waals surface area contributed by atoms with Crippen LogP contribution in [0.5, 0.6) is 5.75 Å². The molecular formula is C23H20N2O4. The van der Waals surface area contributed by atoms with Gasteiger partial charge in [-0.15, -0.1) is 0 Å². The fourth-order valence-corrected chi connectivity index (χ4v) is 2.66. The smallest absolute Gasteiger partial charge is 0.353 e. The number of anilines is 2. The Kier molecular flexibility index (Phi) is 6.27. The number of hydrogen-bond donors (Lipinski definition) is 2. The van der Waals surface area contributed by atoms with Gasteiger partial charge in [0.25, 0.3) is 0 Å². The summed E-state index contributed by atoms with van der Waals surface area (Å²) in [6, 6.07) is 24.9. The topological polar surface area (TPSA) is 78.9 Å². The first-order valence-corrected chi connectivity index (χ1v) is 8.89. The van der Waals surface area contributed by atoms with Crippen LogP contribution in [0.3, 0.4) is 0 Å². The van der Waals surface area contributed by atoms with Crippen LogP contribution in [0.25, 0.3) is 0 Å². The van der Waals surface area contributed by atoms with Crippen LogP contribution in [0.2, 0.25) is 0 Å². The van der Waals surface area contributed by atoms with Crippen molar-refractivity contribution in [2.75, 3.05) is 12.1 Å². The molecule has 0 spiro atoms. The molecule has 0 aliphatic heterocycles. The SMILES string of the molecule is COc1ccc(C(=O)C=C(NN(c2ccccc2)c2ccccc2)C(=O)O)cc1. The zero-order valence-electron chi connectivity index (χ0n) is 15.8. The van der Waals surface area contributed by atoms with Crippen LogP contribution in [-0.4, -0.2) is 24.0 Å². The first kappa shape index (κ1) is 19.7. The van der Waals surface area contributed by atoms with Crippen molar-refractivity contribution in [2.45, 2.75) is 0 Å². The van der Waals surface area contributed by atoms with Crippen LogP contribution in [0.15, 0.2) is 96.7 Å². The average Bonchev–Trinajstić information content (AvgIpc) is 2.77. The maximum Gasteiger partial charge on any atom is 0.353 e. The summed E-state index contributed by atoms with van der Waals surface area (Å²) in [5, 5.41) is 11.3. The largest absolute Gasteiger partial charge is 0.497 e. The summed E-state index contributed by atoms with van der Waals surface area (Å²) in [6.45, 7) is 0. The van der Waals surface area contributed by atoms with Crippen molar-refractivity contribution in [1.82, 2.24) is 5.43 Å².